The lowest BCUT2D eigenvalue weighted by Crippen LogP contribution is -2.44. The molecule has 3 rings (SSSR count). The Morgan fingerprint density at radius 3 is 3.00 bits per heavy atom. The Kier molecular flexibility index (Phi) is 5.44. The van der Waals surface area contributed by atoms with Crippen molar-refractivity contribution in [3.05, 3.63) is 29.7 Å². The minimum atomic E-state index is 0.430. The van der Waals surface area contributed by atoms with Crippen molar-refractivity contribution >= 4 is 11.3 Å². The van der Waals surface area contributed by atoms with Crippen LogP contribution in [0.5, 0.6) is 0 Å². The van der Waals surface area contributed by atoms with Gasteiger partial charge in [0.2, 0.25) is 0 Å². The lowest BCUT2D eigenvalue weighted by atomic mass is 10.3. The predicted molar refractivity (Wildman–Crippen MR) is 86.7 cm³/mol. The SMILES string of the molecule is C[C@@H](CN1CCOCC1)NCc1csc(-c2cnccn2)n1. The second-order valence-corrected chi connectivity index (χ2v) is 6.29. The summed E-state index contributed by atoms with van der Waals surface area (Å²) in [5, 5.41) is 6.54. The van der Waals surface area contributed by atoms with Crippen LogP contribution in [0.4, 0.5) is 0 Å². The number of hydrogen-bond donors (Lipinski definition) is 1. The highest BCUT2D eigenvalue weighted by molar-refractivity contribution is 7.13. The molecule has 22 heavy (non-hydrogen) atoms. The van der Waals surface area contributed by atoms with Crippen molar-refractivity contribution in [1.29, 1.82) is 0 Å². The molecule has 118 valence electrons. The van der Waals surface area contributed by atoms with Gasteiger partial charge in [-0.2, -0.15) is 0 Å². The molecule has 0 bridgehead atoms. The molecule has 0 aliphatic carbocycles. The van der Waals surface area contributed by atoms with E-state index in [1.54, 1.807) is 29.9 Å². The fraction of sp³-hybridized carbons (Fsp3) is 0.533. The molecule has 1 aliphatic heterocycles. The van der Waals surface area contributed by atoms with E-state index in [9.17, 15) is 0 Å². The Balaban J connectivity index is 1.48. The van der Waals surface area contributed by atoms with Crippen molar-refractivity contribution in [2.75, 3.05) is 32.8 Å². The molecular weight excluding hydrogens is 298 g/mol. The molecule has 0 spiro atoms. The van der Waals surface area contributed by atoms with Gasteiger partial charge in [0, 0.05) is 50.0 Å². The molecule has 7 heteroatoms. The monoisotopic (exact) mass is 319 g/mol. The number of nitrogens with zero attached hydrogens (tertiary/aromatic N) is 4. The zero-order valence-electron chi connectivity index (χ0n) is 12.7. The second-order valence-electron chi connectivity index (χ2n) is 5.43. The van der Waals surface area contributed by atoms with Crippen LogP contribution in [0.1, 0.15) is 12.6 Å². The Bertz CT molecular complexity index is 570. The van der Waals surface area contributed by atoms with Crippen LogP contribution in [0.2, 0.25) is 0 Å². The van der Waals surface area contributed by atoms with Crippen LogP contribution in [0.25, 0.3) is 10.7 Å². The quantitative estimate of drug-likeness (QED) is 0.868. The van der Waals surface area contributed by atoms with Crippen LogP contribution in [-0.4, -0.2) is 58.7 Å². The molecule has 1 saturated heterocycles. The normalized spacial score (nSPS) is 17.5. The van der Waals surface area contributed by atoms with Gasteiger partial charge in [-0.05, 0) is 6.92 Å². The van der Waals surface area contributed by atoms with Crippen LogP contribution >= 0.6 is 11.3 Å². The zero-order chi connectivity index (χ0) is 15.2. The number of nitrogens with one attached hydrogen (secondary N) is 1. The summed E-state index contributed by atoms with van der Waals surface area (Å²) in [5.74, 6) is 0. The van der Waals surface area contributed by atoms with Crippen LogP contribution in [-0.2, 0) is 11.3 Å². The molecule has 3 heterocycles. The van der Waals surface area contributed by atoms with E-state index in [1.807, 2.05) is 0 Å². The first-order valence-corrected chi connectivity index (χ1v) is 8.43. The molecule has 2 aromatic rings. The number of rotatable bonds is 6. The first-order valence-electron chi connectivity index (χ1n) is 7.55. The Hall–Kier alpha value is -1.41. The van der Waals surface area contributed by atoms with Gasteiger partial charge in [-0.1, -0.05) is 0 Å². The van der Waals surface area contributed by atoms with E-state index in [2.05, 4.69) is 37.5 Å². The highest BCUT2D eigenvalue weighted by atomic mass is 32.1. The van der Waals surface area contributed by atoms with Gasteiger partial charge in [0.1, 0.15) is 10.7 Å². The van der Waals surface area contributed by atoms with Crippen LogP contribution in [0, 0.1) is 0 Å². The predicted octanol–water partition coefficient (Wildman–Crippen LogP) is 1.41. The van der Waals surface area contributed by atoms with Gasteiger partial charge >= 0.3 is 0 Å². The van der Waals surface area contributed by atoms with E-state index in [4.69, 9.17) is 4.74 Å². The van der Waals surface area contributed by atoms with E-state index in [-0.39, 0.29) is 0 Å². The first kappa shape index (κ1) is 15.5. The van der Waals surface area contributed by atoms with Crippen molar-refractivity contribution in [3.8, 4) is 10.7 Å². The maximum Gasteiger partial charge on any atom is 0.143 e. The van der Waals surface area contributed by atoms with E-state index >= 15 is 0 Å². The summed E-state index contributed by atoms with van der Waals surface area (Å²) in [5.41, 5.74) is 1.89. The molecule has 2 aromatic heterocycles. The second kappa shape index (κ2) is 7.73. The van der Waals surface area contributed by atoms with Crippen molar-refractivity contribution in [3.63, 3.8) is 0 Å². The number of ether oxygens (including phenoxy) is 1. The van der Waals surface area contributed by atoms with E-state index in [0.29, 0.717) is 6.04 Å². The molecular formula is C15H21N5OS. The maximum atomic E-state index is 5.37. The number of hydrogen-bond acceptors (Lipinski definition) is 7. The van der Waals surface area contributed by atoms with Gasteiger partial charge in [0.05, 0.1) is 25.1 Å². The Morgan fingerprint density at radius 1 is 1.36 bits per heavy atom. The van der Waals surface area contributed by atoms with Gasteiger partial charge in [0.15, 0.2) is 0 Å². The van der Waals surface area contributed by atoms with Crippen LogP contribution in [0.15, 0.2) is 24.0 Å². The summed E-state index contributed by atoms with van der Waals surface area (Å²) in [4.78, 5) is 15.4. The molecule has 0 unspecified atom stereocenters. The molecule has 0 saturated carbocycles. The van der Waals surface area contributed by atoms with Crippen LogP contribution < -0.4 is 5.32 Å². The molecule has 0 aromatic carbocycles. The summed E-state index contributed by atoms with van der Waals surface area (Å²) in [6.07, 6.45) is 5.11. The fourth-order valence-electron chi connectivity index (χ4n) is 2.43. The van der Waals surface area contributed by atoms with Crippen LogP contribution in [0.3, 0.4) is 0 Å². The number of morpholine rings is 1. The highest BCUT2D eigenvalue weighted by Gasteiger charge is 2.14. The zero-order valence-corrected chi connectivity index (χ0v) is 13.6. The smallest absolute Gasteiger partial charge is 0.143 e. The molecule has 1 atom stereocenters. The number of thiazole rings is 1. The molecule has 0 amide bonds. The molecule has 6 nitrogen and oxygen atoms in total. The summed E-state index contributed by atoms with van der Waals surface area (Å²) >= 11 is 1.61. The maximum absolute atomic E-state index is 5.37. The summed E-state index contributed by atoms with van der Waals surface area (Å²) in [6, 6.07) is 0.430. The van der Waals surface area contributed by atoms with Crippen molar-refractivity contribution in [2.24, 2.45) is 0 Å². The average Bonchev–Trinajstić information content (AvgIpc) is 3.04. The van der Waals surface area contributed by atoms with E-state index in [1.165, 1.54) is 0 Å². The lowest BCUT2D eigenvalue weighted by molar-refractivity contribution is 0.0343. The topological polar surface area (TPSA) is 63.2 Å². The standard InChI is InChI=1S/C15H21N5OS/c1-12(10-20-4-6-21-7-5-20)18-8-13-11-22-15(19-13)14-9-16-2-3-17-14/h2-3,9,11-12,18H,4-8,10H2,1H3/t12-/m0/s1. The number of aromatic nitrogens is 3. The van der Waals surface area contributed by atoms with E-state index in [0.717, 1.165) is 55.8 Å². The average molecular weight is 319 g/mol. The summed E-state index contributed by atoms with van der Waals surface area (Å²) in [7, 11) is 0. The van der Waals surface area contributed by atoms with Gasteiger partial charge in [-0.3, -0.25) is 14.9 Å². The summed E-state index contributed by atoms with van der Waals surface area (Å²) in [6.45, 7) is 7.79. The van der Waals surface area contributed by atoms with E-state index < -0.39 is 0 Å². The first-order chi connectivity index (χ1) is 10.8. The van der Waals surface area contributed by atoms with Crippen molar-refractivity contribution in [1.82, 2.24) is 25.2 Å². The van der Waals surface area contributed by atoms with Crippen molar-refractivity contribution < 1.29 is 4.74 Å². The highest BCUT2D eigenvalue weighted by Crippen LogP contribution is 2.20. The van der Waals surface area contributed by atoms with Gasteiger partial charge in [-0.25, -0.2) is 4.98 Å². The molecule has 1 N–H and O–H groups in total. The van der Waals surface area contributed by atoms with Crippen molar-refractivity contribution in [2.45, 2.75) is 19.5 Å². The minimum absolute atomic E-state index is 0.430. The molecule has 1 fully saturated rings. The summed E-state index contributed by atoms with van der Waals surface area (Å²) < 4.78 is 5.37. The third-order valence-corrected chi connectivity index (χ3v) is 4.52. The molecule has 0 radical (unpaired) electrons. The minimum Gasteiger partial charge on any atom is -0.379 e. The Labute approximate surface area is 134 Å². The largest absolute Gasteiger partial charge is 0.379 e. The van der Waals surface area contributed by atoms with Gasteiger partial charge in [-0.15, -0.1) is 11.3 Å². The van der Waals surface area contributed by atoms with Gasteiger partial charge in [0.25, 0.3) is 0 Å². The third kappa shape index (κ3) is 4.30. The Morgan fingerprint density at radius 2 is 2.23 bits per heavy atom. The van der Waals surface area contributed by atoms with Gasteiger partial charge < -0.3 is 10.1 Å². The third-order valence-electron chi connectivity index (χ3n) is 3.60. The molecule has 1 aliphatic rings. The fourth-order valence-corrected chi connectivity index (χ4v) is 3.21. The lowest BCUT2D eigenvalue weighted by Gasteiger charge is -2.29.